The molecule has 0 atom stereocenters. The second-order valence-corrected chi connectivity index (χ2v) is 7.08. The lowest BCUT2D eigenvalue weighted by atomic mass is 10.2. The number of aromatic carboxylic acids is 1. The van der Waals surface area contributed by atoms with Crippen molar-refractivity contribution in [3.63, 3.8) is 0 Å². The minimum atomic E-state index is -3.60. The van der Waals surface area contributed by atoms with Gasteiger partial charge < -0.3 is 5.11 Å². The summed E-state index contributed by atoms with van der Waals surface area (Å²) in [6.45, 7) is 2.94. The molecule has 1 aromatic rings. The monoisotopic (exact) mass is 297 g/mol. The van der Waals surface area contributed by atoms with Crippen molar-refractivity contribution in [1.82, 2.24) is 4.31 Å². The van der Waals surface area contributed by atoms with Crippen molar-refractivity contribution in [2.45, 2.75) is 31.1 Å². The van der Waals surface area contributed by atoms with Crippen LogP contribution in [-0.2, 0) is 10.0 Å². The molecule has 1 fully saturated rings. The Kier molecular flexibility index (Phi) is 4.45. The number of benzene rings is 1. The van der Waals surface area contributed by atoms with E-state index in [0.717, 1.165) is 19.3 Å². The average molecular weight is 297 g/mol. The fraction of sp³-hybridized carbons (Fsp3) is 0.500. The molecular formula is C14H19NO4S. The Bertz CT molecular complexity index is 593. The molecule has 0 spiro atoms. The van der Waals surface area contributed by atoms with Crippen molar-refractivity contribution < 1.29 is 18.3 Å². The summed E-state index contributed by atoms with van der Waals surface area (Å²) in [5.41, 5.74) is -0.00561. The van der Waals surface area contributed by atoms with Crippen molar-refractivity contribution in [1.29, 1.82) is 0 Å². The first kappa shape index (κ1) is 15.0. The van der Waals surface area contributed by atoms with Gasteiger partial charge in [0.2, 0.25) is 10.0 Å². The molecule has 1 aromatic carbocycles. The maximum Gasteiger partial charge on any atom is 0.335 e. The van der Waals surface area contributed by atoms with E-state index in [0.29, 0.717) is 19.0 Å². The van der Waals surface area contributed by atoms with Crippen molar-refractivity contribution >= 4 is 16.0 Å². The maximum absolute atomic E-state index is 12.6. The van der Waals surface area contributed by atoms with Gasteiger partial charge in [0.05, 0.1) is 10.5 Å². The third-order valence-electron chi connectivity index (χ3n) is 3.35. The molecule has 5 nitrogen and oxygen atoms in total. The van der Waals surface area contributed by atoms with Crippen LogP contribution in [0.5, 0.6) is 0 Å². The molecule has 0 amide bonds. The topological polar surface area (TPSA) is 74.7 Å². The van der Waals surface area contributed by atoms with Crippen LogP contribution in [0.1, 0.15) is 36.5 Å². The van der Waals surface area contributed by atoms with Gasteiger partial charge in [-0.25, -0.2) is 13.2 Å². The van der Waals surface area contributed by atoms with Gasteiger partial charge in [-0.15, -0.1) is 0 Å². The van der Waals surface area contributed by atoms with E-state index in [1.807, 2.05) is 6.92 Å². The highest BCUT2D eigenvalue weighted by molar-refractivity contribution is 7.89. The third-order valence-corrected chi connectivity index (χ3v) is 5.21. The maximum atomic E-state index is 12.6. The van der Waals surface area contributed by atoms with Gasteiger partial charge in [0.15, 0.2) is 0 Å². The summed E-state index contributed by atoms with van der Waals surface area (Å²) < 4.78 is 26.7. The van der Waals surface area contributed by atoms with Crippen LogP contribution in [0, 0.1) is 5.92 Å². The van der Waals surface area contributed by atoms with Crippen LogP contribution in [0.25, 0.3) is 0 Å². The van der Waals surface area contributed by atoms with Crippen molar-refractivity contribution in [2.24, 2.45) is 5.92 Å². The summed E-state index contributed by atoms with van der Waals surface area (Å²) in [6, 6.07) is 5.55. The Morgan fingerprint density at radius 2 is 2.10 bits per heavy atom. The highest BCUT2D eigenvalue weighted by Crippen LogP contribution is 2.31. The fourth-order valence-corrected chi connectivity index (χ4v) is 3.74. The largest absolute Gasteiger partial charge is 0.478 e. The van der Waals surface area contributed by atoms with Gasteiger partial charge in [-0.3, -0.25) is 0 Å². The Hall–Kier alpha value is -1.40. The first-order valence-electron chi connectivity index (χ1n) is 6.78. The second kappa shape index (κ2) is 5.93. The summed E-state index contributed by atoms with van der Waals surface area (Å²) in [4.78, 5) is 11.0. The van der Waals surface area contributed by atoms with E-state index in [1.165, 1.54) is 28.6 Å². The molecule has 0 heterocycles. The first-order valence-corrected chi connectivity index (χ1v) is 8.22. The molecule has 2 rings (SSSR count). The van der Waals surface area contributed by atoms with E-state index in [4.69, 9.17) is 5.11 Å². The quantitative estimate of drug-likeness (QED) is 0.837. The Balaban J connectivity index is 2.30. The van der Waals surface area contributed by atoms with Crippen LogP contribution in [0.3, 0.4) is 0 Å². The molecule has 20 heavy (non-hydrogen) atoms. The van der Waals surface area contributed by atoms with Crippen molar-refractivity contribution in [3.05, 3.63) is 29.8 Å². The SMILES string of the molecule is CCCN(CC1CC1)S(=O)(=O)c1cccc(C(=O)O)c1. The molecule has 0 saturated heterocycles. The zero-order valence-corrected chi connectivity index (χ0v) is 12.3. The van der Waals surface area contributed by atoms with E-state index < -0.39 is 16.0 Å². The number of sulfonamides is 1. The van der Waals surface area contributed by atoms with E-state index in [9.17, 15) is 13.2 Å². The predicted molar refractivity (Wildman–Crippen MR) is 75.2 cm³/mol. The molecule has 0 aromatic heterocycles. The van der Waals surface area contributed by atoms with E-state index in [1.54, 1.807) is 0 Å². The smallest absolute Gasteiger partial charge is 0.335 e. The second-order valence-electron chi connectivity index (χ2n) is 5.14. The van der Waals surface area contributed by atoms with Gasteiger partial charge in [0.25, 0.3) is 0 Å². The number of hydrogen-bond acceptors (Lipinski definition) is 3. The summed E-state index contributed by atoms with van der Waals surface area (Å²) in [5.74, 6) is -0.662. The van der Waals surface area contributed by atoms with Crippen LogP contribution in [0.4, 0.5) is 0 Å². The van der Waals surface area contributed by atoms with Crippen molar-refractivity contribution in [2.75, 3.05) is 13.1 Å². The molecule has 0 radical (unpaired) electrons. The summed E-state index contributed by atoms with van der Waals surface area (Å²) >= 11 is 0. The number of hydrogen-bond donors (Lipinski definition) is 1. The fourth-order valence-electron chi connectivity index (χ4n) is 2.09. The molecule has 1 aliphatic rings. The van der Waals surface area contributed by atoms with Crippen LogP contribution >= 0.6 is 0 Å². The summed E-state index contributed by atoms with van der Waals surface area (Å²) in [7, 11) is -3.60. The van der Waals surface area contributed by atoms with Gasteiger partial charge in [-0.1, -0.05) is 13.0 Å². The minimum absolute atomic E-state index is 0.00561. The molecule has 1 saturated carbocycles. The van der Waals surface area contributed by atoms with Crippen LogP contribution in [0.15, 0.2) is 29.2 Å². The summed E-state index contributed by atoms with van der Waals surface area (Å²) in [6.07, 6.45) is 2.89. The number of rotatable bonds is 7. The average Bonchev–Trinajstić information content (AvgIpc) is 3.22. The Morgan fingerprint density at radius 3 is 2.65 bits per heavy atom. The standard InChI is InChI=1S/C14H19NO4S/c1-2-8-15(10-11-6-7-11)20(18,19)13-5-3-4-12(9-13)14(16)17/h3-5,9,11H,2,6-8,10H2,1H3,(H,16,17). The van der Waals surface area contributed by atoms with Gasteiger partial charge in [-0.2, -0.15) is 4.31 Å². The van der Waals surface area contributed by atoms with E-state index >= 15 is 0 Å². The highest BCUT2D eigenvalue weighted by Gasteiger charge is 2.31. The number of carboxylic acid groups (broad SMARTS) is 1. The Morgan fingerprint density at radius 1 is 1.40 bits per heavy atom. The highest BCUT2D eigenvalue weighted by atomic mass is 32.2. The van der Waals surface area contributed by atoms with E-state index in [2.05, 4.69) is 0 Å². The molecule has 1 N–H and O–H groups in total. The molecule has 1 aliphatic carbocycles. The van der Waals surface area contributed by atoms with Gasteiger partial charge in [-0.05, 0) is 43.4 Å². The van der Waals surface area contributed by atoms with Gasteiger partial charge >= 0.3 is 5.97 Å². The van der Waals surface area contributed by atoms with Crippen LogP contribution in [-0.4, -0.2) is 36.9 Å². The molecule has 0 bridgehead atoms. The normalized spacial score (nSPS) is 15.5. The van der Waals surface area contributed by atoms with Gasteiger partial charge in [0, 0.05) is 13.1 Å². The van der Waals surface area contributed by atoms with Crippen molar-refractivity contribution in [3.8, 4) is 0 Å². The van der Waals surface area contributed by atoms with Gasteiger partial charge in [0.1, 0.15) is 0 Å². The lowest BCUT2D eigenvalue weighted by Gasteiger charge is -2.21. The summed E-state index contributed by atoms with van der Waals surface area (Å²) in [5, 5.41) is 8.96. The first-order chi connectivity index (χ1) is 9.45. The minimum Gasteiger partial charge on any atom is -0.478 e. The molecule has 0 unspecified atom stereocenters. The Labute approximate surface area is 119 Å². The molecule has 6 heteroatoms. The lowest BCUT2D eigenvalue weighted by molar-refractivity contribution is 0.0696. The molecule has 0 aliphatic heterocycles. The molecule has 110 valence electrons. The lowest BCUT2D eigenvalue weighted by Crippen LogP contribution is -2.33. The van der Waals surface area contributed by atoms with E-state index in [-0.39, 0.29) is 10.5 Å². The van der Waals surface area contributed by atoms with Crippen LogP contribution < -0.4 is 0 Å². The predicted octanol–water partition coefficient (Wildman–Crippen LogP) is 2.20. The third kappa shape index (κ3) is 3.37. The molecular weight excluding hydrogens is 278 g/mol. The van der Waals surface area contributed by atoms with Crippen LogP contribution in [0.2, 0.25) is 0 Å². The number of carboxylic acids is 1. The zero-order valence-electron chi connectivity index (χ0n) is 11.4. The zero-order chi connectivity index (χ0) is 14.8. The number of carbonyl (C=O) groups is 1. The number of nitrogens with zero attached hydrogens (tertiary/aromatic N) is 1.